The fraction of sp³-hybridized carbons (Fsp3) is 0.318. The average molecular weight is 396 g/mol. The second-order valence-electron chi connectivity index (χ2n) is 7.69. The Morgan fingerprint density at radius 2 is 1.81 bits per heavy atom. The molecule has 2 heterocycles. The minimum atomic E-state index is 0.158. The molecule has 5 rings (SSSR count). The van der Waals surface area contributed by atoms with Crippen LogP contribution in [0.15, 0.2) is 54.7 Å². The number of aromatic nitrogens is 1. The van der Waals surface area contributed by atoms with Crippen LogP contribution in [-0.2, 0) is 6.42 Å². The molecule has 0 unspecified atom stereocenters. The molecular weight excluding hydrogens is 374 g/mol. The van der Waals surface area contributed by atoms with Crippen LogP contribution in [0.5, 0.6) is 0 Å². The van der Waals surface area contributed by atoms with Crippen molar-refractivity contribution in [3.05, 3.63) is 70.9 Å². The van der Waals surface area contributed by atoms with Crippen LogP contribution in [0.1, 0.15) is 30.0 Å². The summed E-state index contributed by atoms with van der Waals surface area (Å²) < 4.78 is 0. The van der Waals surface area contributed by atoms with Crippen molar-refractivity contribution >= 4 is 28.1 Å². The molecule has 0 amide bonds. The zero-order valence-corrected chi connectivity index (χ0v) is 16.6. The second kappa shape index (κ2) is 6.62. The van der Waals surface area contributed by atoms with Gasteiger partial charge >= 0.3 is 0 Å². The lowest BCUT2D eigenvalue weighted by Gasteiger charge is -2.42. The van der Waals surface area contributed by atoms with Crippen molar-refractivity contribution < 1.29 is 0 Å². The molecule has 2 N–H and O–H groups in total. The number of rotatable bonds is 2. The summed E-state index contributed by atoms with van der Waals surface area (Å²) in [7, 11) is 0. The van der Waals surface area contributed by atoms with Crippen molar-refractivity contribution in [1.29, 1.82) is 0 Å². The van der Waals surface area contributed by atoms with Crippen molar-refractivity contribution in [2.24, 2.45) is 11.1 Å². The van der Waals surface area contributed by atoms with E-state index in [-0.39, 0.29) is 11.5 Å². The van der Waals surface area contributed by atoms with Crippen LogP contribution in [0.4, 0.5) is 5.13 Å². The highest BCUT2D eigenvalue weighted by Crippen LogP contribution is 2.51. The van der Waals surface area contributed by atoms with Crippen molar-refractivity contribution in [2.75, 3.05) is 18.0 Å². The molecule has 27 heavy (non-hydrogen) atoms. The monoisotopic (exact) mass is 395 g/mol. The summed E-state index contributed by atoms with van der Waals surface area (Å²) in [5.41, 5.74) is 10.7. The lowest BCUT2D eigenvalue weighted by molar-refractivity contribution is 0.187. The average Bonchev–Trinajstić information content (AvgIpc) is 3.28. The van der Waals surface area contributed by atoms with Crippen LogP contribution >= 0.6 is 22.9 Å². The Morgan fingerprint density at radius 1 is 1.07 bits per heavy atom. The summed E-state index contributed by atoms with van der Waals surface area (Å²) in [4.78, 5) is 8.22. The van der Waals surface area contributed by atoms with E-state index >= 15 is 0 Å². The van der Waals surface area contributed by atoms with E-state index < -0.39 is 0 Å². The lowest BCUT2D eigenvalue weighted by atomic mass is 9.73. The summed E-state index contributed by atoms with van der Waals surface area (Å²) in [6.07, 6.45) is 5.29. The van der Waals surface area contributed by atoms with Gasteiger partial charge < -0.3 is 10.6 Å². The Labute approximate surface area is 168 Å². The van der Waals surface area contributed by atoms with Crippen molar-refractivity contribution in [1.82, 2.24) is 4.98 Å². The van der Waals surface area contributed by atoms with Crippen LogP contribution in [-0.4, -0.2) is 18.1 Å². The van der Waals surface area contributed by atoms with Gasteiger partial charge in [0, 0.05) is 35.9 Å². The molecule has 2 aliphatic rings. The molecule has 3 aromatic rings. The third-order valence-electron chi connectivity index (χ3n) is 6.25. The molecular formula is C22H22ClN3S. The van der Waals surface area contributed by atoms with Gasteiger partial charge in [-0.05, 0) is 41.9 Å². The van der Waals surface area contributed by atoms with Crippen LogP contribution in [0.25, 0.3) is 10.4 Å². The van der Waals surface area contributed by atoms with Crippen LogP contribution in [0, 0.1) is 5.41 Å². The van der Waals surface area contributed by atoms with E-state index in [1.807, 2.05) is 24.4 Å². The first-order valence-electron chi connectivity index (χ1n) is 9.45. The Hall–Kier alpha value is -1.88. The summed E-state index contributed by atoms with van der Waals surface area (Å²) in [6, 6.07) is 16.8. The number of nitrogens with zero attached hydrogens (tertiary/aromatic N) is 2. The van der Waals surface area contributed by atoms with Crippen molar-refractivity contribution in [2.45, 2.75) is 25.3 Å². The molecule has 1 aromatic heterocycles. The Kier molecular flexibility index (Phi) is 4.23. The number of nitrogens with two attached hydrogens (primary N) is 1. The summed E-state index contributed by atoms with van der Waals surface area (Å²) in [6.45, 7) is 2.02. The van der Waals surface area contributed by atoms with Gasteiger partial charge in [-0.2, -0.15) is 0 Å². The van der Waals surface area contributed by atoms with Gasteiger partial charge in [0.2, 0.25) is 0 Å². The molecule has 0 saturated carbocycles. The third kappa shape index (κ3) is 2.87. The SMILES string of the molecule is N[C@@H]1c2ccccc2CC12CCN(c1ncc(-c3ccccc3Cl)s1)CC2. The highest BCUT2D eigenvalue weighted by atomic mass is 35.5. The summed E-state index contributed by atoms with van der Waals surface area (Å²) in [5, 5.41) is 1.86. The van der Waals surface area contributed by atoms with Crippen molar-refractivity contribution in [3.8, 4) is 10.4 Å². The van der Waals surface area contributed by atoms with Gasteiger partial charge in [-0.25, -0.2) is 4.98 Å². The maximum atomic E-state index is 6.69. The predicted molar refractivity (Wildman–Crippen MR) is 114 cm³/mol. The number of benzene rings is 2. The minimum absolute atomic E-state index is 0.158. The number of hydrogen-bond acceptors (Lipinski definition) is 4. The zero-order valence-electron chi connectivity index (χ0n) is 15.1. The molecule has 1 spiro atoms. The number of thiazole rings is 1. The number of hydrogen-bond donors (Lipinski definition) is 1. The molecule has 1 aliphatic carbocycles. The Bertz CT molecular complexity index is 975. The highest BCUT2D eigenvalue weighted by Gasteiger charge is 2.45. The van der Waals surface area contributed by atoms with Crippen molar-refractivity contribution in [3.63, 3.8) is 0 Å². The largest absolute Gasteiger partial charge is 0.348 e. The molecule has 1 aliphatic heterocycles. The predicted octanol–water partition coefficient (Wildman–Crippen LogP) is 5.31. The lowest BCUT2D eigenvalue weighted by Crippen LogP contribution is -2.44. The Balaban J connectivity index is 1.33. The molecule has 1 saturated heterocycles. The minimum Gasteiger partial charge on any atom is -0.348 e. The fourth-order valence-electron chi connectivity index (χ4n) is 4.65. The van der Waals surface area contributed by atoms with E-state index in [0.717, 1.165) is 52.9 Å². The van der Waals surface area contributed by atoms with Gasteiger partial charge in [-0.15, -0.1) is 0 Å². The van der Waals surface area contributed by atoms with E-state index in [1.165, 1.54) is 11.1 Å². The smallest absolute Gasteiger partial charge is 0.185 e. The summed E-state index contributed by atoms with van der Waals surface area (Å²) >= 11 is 8.07. The highest BCUT2D eigenvalue weighted by molar-refractivity contribution is 7.19. The first-order valence-corrected chi connectivity index (χ1v) is 10.6. The van der Waals surface area contributed by atoms with Gasteiger partial charge in [0.25, 0.3) is 0 Å². The third-order valence-corrected chi connectivity index (χ3v) is 7.68. The molecule has 2 aromatic carbocycles. The van der Waals surface area contributed by atoms with E-state index in [9.17, 15) is 0 Å². The fourth-order valence-corrected chi connectivity index (χ4v) is 5.95. The first-order chi connectivity index (χ1) is 13.2. The molecule has 138 valence electrons. The quantitative estimate of drug-likeness (QED) is 0.639. The standard InChI is InChI=1S/C22H22ClN3S/c23-18-8-4-3-7-17(18)19-14-25-21(27-19)26-11-9-22(10-12-26)13-15-5-1-2-6-16(15)20(22)24/h1-8,14,20H,9-13,24H2/t20-/m1/s1. The van der Waals surface area contributed by atoms with E-state index in [4.69, 9.17) is 17.3 Å². The molecule has 0 radical (unpaired) electrons. The van der Waals surface area contributed by atoms with Crippen LogP contribution in [0.2, 0.25) is 5.02 Å². The molecule has 1 fully saturated rings. The topological polar surface area (TPSA) is 42.1 Å². The maximum Gasteiger partial charge on any atom is 0.185 e. The zero-order chi connectivity index (χ0) is 18.4. The normalized spacial score (nSPS) is 20.8. The number of halogens is 1. The van der Waals surface area contributed by atoms with Crippen LogP contribution < -0.4 is 10.6 Å². The van der Waals surface area contributed by atoms with Gasteiger partial charge in [-0.1, -0.05) is 65.4 Å². The van der Waals surface area contributed by atoms with Gasteiger partial charge in [-0.3, -0.25) is 0 Å². The van der Waals surface area contributed by atoms with Gasteiger partial charge in [0.1, 0.15) is 0 Å². The van der Waals surface area contributed by atoms with E-state index in [1.54, 1.807) is 11.3 Å². The number of anilines is 1. The first kappa shape index (κ1) is 17.2. The van der Waals surface area contributed by atoms with E-state index in [0.29, 0.717) is 0 Å². The number of fused-ring (bicyclic) bond motifs is 1. The number of piperidine rings is 1. The summed E-state index contributed by atoms with van der Waals surface area (Å²) in [5.74, 6) is 0. The van der Waals surface area contributed by atoms with E-state index in [2.05, 4.69) is 40.2 Å². The Morgan fingerprint density at radius 3 is 2.59 bits per heavy atom. The second-order valence-corrected chi connectivity index (χ2v) is 9.11. The van der Waals surface area contributed by atoms with Crippen LogP contribution in [0.3, 0.4) is 0 Å². The van der Waals surface area contributed by atoms with Gasteiger partial charge in [0.05, 0.1) is 4.88 Å². The molecule has 3 nitrogen and oxygen atoms in total. The molecule has 0 bridgehead atoms. The van der Waals surface area contributed by atoms with Gasteiger partial charge in [0.15, 0.2) is 5.13 Å². The molecule has 1 atom stereocenters. The molecule has 5 heteroatoms. The maximum absolute atomic E-state index is 6.69.